The lowest BCUT2D eigenvalue weighted by Gasteiger charge is -2.31. The molecule has 0 bridgehead atoms. The summed E-state index contributed by atoms with van der Waals surface area (Å²) in [6, 6.07) is 53.0. The molecular weight excluding hydrogens is 799 g/mol. The summed E-state index contributed by atoms with van der Waals surface area (Å²) in [6.07, 6.45) is 0. The molecule has 0 radical (unpaired) electrons. The van der Waals surface area contributed by atoms with E-state index in [9.17, 15) is 0 Å². The molecule has 0 heterocycles. The third-order valence-electron chi connectivity index (χ3n) is 13.6. The Kier molecular flexibility index (Phi) is 15.1. The molecule has 0 spiro atoms. The molecule has 0 fully saturated rings. The Balaban J connectivity index is 1.39. The summed E-state index contributed by atoms with van der Waals surface area (Å²) in [7, 11) is 0. The second-order valence-electron chi connectivity index (χ2n) is 20.1. The van der Waals surface area contributed by atoms with Gasteiger partial charge >= 0.3 is 0 Å². The molecule has 0 atom stereocenters. The van der Waals surface area contributed by atoms with Crippen LogP contribution in [0.25, 0.3) is 10.8 Å². The van der Waals surface area contributed by atoms with Crippen LogP contribution in [0.15, 0.2) is 140 Å². The third kappa shape index (κ3) is 9.64. The van der Waals surface area contributed by atoms with Crippen LogP contribution in [-0.2, 0) is 0 Å². The van der Waals surface area contributed by atoms with Crippen molar-refractivity contribution in [2.75, 3.05) is 28.2 Å². The molecular formula is C63H76N3+. The minimum atomic E-state index is 0.390. The van der Waals surface area contributed by atoms with Crippen LogP contribution in [0.3, 0.4) is 0 Å². The van der Waals surface area contributed by atoms with Crippen molar-refractivity contribution in [2.45, 2.75) is 132 Å². The second-order valence-corrected chi connectivity index (χ2v) is 20.1. The average Bonchev–Trinajstić information content (AvgIpc) is 3.30. The van der Waals surface area contributed by atoms with Crippen LogP contribution in [0.5, 0.6) is 0 Å². The first kappa shape index (κ1) is 48.0. The molecule has 0 aliphatic rings. The van der Waals surface area contributed by atoms with E-state index in [-0.39, 0.29) is 0 Å². The fourth-order valence-electron chi connectivity index (χ4n) is 10.1. The van der Waals surface area contributed by atoms with Crippen molar-refractivity contribution in [1.29, 1.82) is 0 Å². The zero-order valence-electron chi connectivity index (χ0n) is 42.6. The first-order chi connectivity index (χ1) is 31.7. The van der Waals surface area contributed by atoms with Crippen LogP contribution in [0.1, 0.15) is 183 Å². The predicted molar refractivity (Wildman–Crippen MR) is 290 cm³/mol. The maximum atomic E-state index is 4.01. The van der Waals surface area contributed by atoms with Crippen molar-refractivity contribution in [3.8, 4) is 0 Å². The molecule has 0 saturated carbocycles. The highest BCUT2D eigenvalue weighted by Crippen LogP contribution is 2.45. The van der Waals surface area contributed by atoms with E-state index in [1.54, 1.807) is 0 Å². The normalized spacial score (nSPS) is 11.8. The molecule has 7 aromatic rings. The summed E-state index contributed by atoms with van der Waals surface area (Å²) < 4.78 is 0. The zero-order chi connectivity index (χ0) is 47.4. The topological polar surface area (TPSA) is 18.5 Å². The Bertz CT molecular complexity index is 2520. The summed E-state index contributed by atoms with van der Waals surface area (Å²) >= 11 is 0. The molecule has 3 nitrogen and oxygen atoms in total. The van der Waals surface area contributed by atoms with Crippen LogP contribution in [0.2, 0.25) is 0 Å². The number of nitrogens with zero attached hydrogens (tertiary/aromatic N) is 2. The van der Waals surface area contributed by atoms with Gasteiger partial charge in [-0.25, -0.2) is 0 Å². The number of fused-ring (bicyclic) bond motifs is 1. The number of para-hydroxylation sites is 3. The summed E-state index contributed by atoms with van der Waals surface area (Å²) in [6.45, 7) is 34.0. The van der Waals surface area contributed by atoms with Gasteiger partial charge in [0.25, 0.3) is 0 Å². The summed E-state index contributed by atoms with van der Waals surface area (Å²) in [4.78, 5) is 5.05. The van der Waals surface area contributed by atoms with Crippen LogP contribution >= 0.6 is 0 Å². The number of benzene rings is 7. The first-order valence-electron chi connectivity index (χ1n) is 25.0. The van der Waals surface area contributed by atoms with Gasteiger partial charge in [-0.3, -0.25) is 0 Å². The highest BCUT2D eigenvalue weighted by atomic mass is 15.1. The highest BCUT2D eigenvalue weighted by molar-refractivity contribution is 6.00. The van der Waals surface area contributed by atoms with Gasteiger partial charge in [0.2, 0.25) is 0 Å². The van der Waals surface area contributed by atoms with E-state index in [2.05, 4.69) is 252 Å². The lowest BCUT2D eigenvalue weighted by molar-refractivity contribution is 0.818. The standard InChI is InChI=1S/C63H76N3/c1-15-65(62-52(42(7)8)26-20-27-53(62)43(9)10)48-34-30-46(31-35-48)60(47-32-36-49(37-33-47)66(16-2)63-54(44(11)12)28-21-29-55(63)45(13)14)58-38-39-59(57-23-18-17-22-56(57)58)64-61-50(40(3)4)24-19-25-51(61)41(5)6/h17-45,64H,15-16H2,1-14H3/q+1. The second kappa shape index (κ2) is 20.7. The van der Waals surface area contributed by atoms with E-state index in [0.29, 0.717) is 35.5 Å². The van der Waals surface area contributed by atoms with Gasteiger partial charge in [0.1, 0.15) is 0 Å². The van der Waals surface area contributed by atoms with Crippen LogP contribution < -0.4 is 15.1 Å². The van der Waals surface area contributed by atoms with E-state index >= 15 is 0 Å². The molecule has 0 unspecified atom stereocenters. The van der Waals surface area contributed by atoms with Gasteiger partial charge in [0.05, 0.1) is 39.7 Å². The third-order valence-corrected chi connectivity index (χ3v) is 13.6. The molecule has 342 valence electrons. The molecule has 7 rings (SSSR count). The van der Waals surface area contributed by atoms with Gasteiger partial charge in [-0.2, -0.15) is 0 Å². The van der Waals surface area contributed by atoms with Crippen LogP contribution in [0, 0.1) is 5.92 Å². The number of rotatable bonds is 17. The summed E-state index contributed by atoms with van der Waals surface area (Å²) in [5.74, 6) is 3.66. The smallest absolute Gasteiger partial charge is 0.0638 e. The van der Waals surface area contributed by atoms with Crippen LogP contribution in [0.4, 0.5) is 34.1 Å². The molecule has 0 amide bonds. The fraction of sp³-hybridized carbons (Fsp3) is 0.349. The summed E-state index contributed by atoms with van der Waals surface area (Å²) in [5, 5.41) is 6.44. The van der Waals surface area contributed by atoms with Crippen molar-refractivity contribution in [1.82, 2.24) is 0 Å². The van der Waals surface area contributed by atoms with Gasteiger partial charge in [-0.15, -0.1) is 0 Å². The minimum Gasteiger partial charge on any atom is -0.354 e. The average molecular weight is 875 g/mol. The number of hydrogen-bond acceptors (Lipinski definition) is 3. The zero-order valence-corrected chi connectivity index (χ0v) is 42.6. The van der Waals surface area contributed by atoms with Crippen molar-refractivity contribution in [3.63, 3.8) is 0 Å². The van der Waals surface area contributed by atoms with E-state index in [0.717, 1.165) is 18.8 Å². The number of nitrogens with one attached hydrogen (secondary N) is 1. The monoisotopic (exact) mass is 875 g/mol. The number of anilines is 6. The minimum absolute atomic E-state index is 0.390. The Hall–Kier alpha value is -5.93. The van der Waals surface area contributed by atoms with Gasteiger partial charge in [0.15, 0.2) is 0 Å². The van der Waals surface area contributed by atoms with Crippen molar-refractivity contribution >= 4 is 44.9 Å². The maximum absolute atomic E-state index is 4.01. The molecule has 7 aromatic carbocycles. The molecule has 0 aliphatic carbocycles. The van der Waals surface area contributed by atoms with Crippen molar-refractivity contribution in [2.24, 2.45) is 0 Å². The highest BCUT2D eigenvalue weighted by Gasteiger charge is 2.29. The van der Waals surface area contributed by atoms with Gasteiger partial charge in [-0.05, 0) is 156 Å². The Morgan fingerprint density at radius 3 is 1.08 bits per heavy atom. The van der Waals surface area contributed by atoms with Gasteiger partial charge in [0, 0.05) is 40.9 Å². The van der Waals surface area contributed by atoms with E-state index in [1.807, 2.05) is 0 Å². The fourth-order valence-corrected chi connectivity index (χ4v) is 10.1. The maximum Gasteiger partial charge on any atom is 0.0638 e. The van der Waals surface area contributed by atoms with Crippen molar-refractivity contribution < 1.29 is 0 Å². The molecule has 0 saturated heterocycles. The van der Waals surface area contributed by atoms with E-state index in [4.69, 9.17) is 0 Å². The quantitative estimate of drug-likeness (QED) is 0.0726. The van der Waals surface area contributed by atoms with Gasteiger partial charge < -0.3 is 15.1 Å². The first-order valence-corrected chi connectivity index (χ1v) is 25.0. The summed E-state index contributed by atoms with van der Waals surface area (Å²) in [5.41, 5.74) is 19.4. The predicted octanol–water partition coefficient (Wildman–Crippen LogP) is 18.7. The lowest BCUT2D eigenvalue weighted by Crippen LogP contribution is -2.21. The van der Waals surface area contributed by atoms with Crippen molar-refractivity contribution in [3.05, 3.63) is 196 Å². The molecule has 0 aromatic heterocycles. The lowest BCUT2D eigenvalue weighted by atomic mass is 9.82. The molecule has 3 heteroatoms. The van der Waals surface area contributed by atoms with E-state index in [1.165, 1.54) is 95.2 Å². The Labute approximate surface area is 399 Å². The Morgan fingerprint density at radius 2 is 0.727 bits per heavy atom. The molecule has 66 heavy (non-hydrogen) atoms. The largest absolute Gasteiger partial charge is 0.354 e. The van der Waals surface area contributed by atoms with Gasteiger partial charge in [-0.1, -0.05) is 150 Å². The molecule has 1 N–H and O–H groups in total. The SMILES string of the molecule is CCN(c1ccc([C+](c2ccc(N(CC)c3c(C(C)C)cccc3C(C)C)cc2)c2ccc(Nc3c(C(C)C)cccc3C(C)C)c3ccccc23)cc1)c1c(C(C)C)cccc1C(C)C. The molecule has 0 aliphatic heterocycles. The van der Waals surface area contributed by atoms with E-state index < -0.39 is 0 Å². The Morgan fingerprint density at radius 1 is 0.379 bits per heavy atom. The number of hydrogen-bond donors (Lipinski definition) is 1. The van der Waals surface area contributed by atoms with Crippen LogP contribution in [-0.4, -0.2) is 13.1 Å².